The lowest BCUT2D eigenvalue weighted by atomic mass is 9.93. The highest BCUT2D eigenvalue weighted by Gasteiger charge is 2.23. The van der Waals surface area contributed by atoms with Gasteiger partial charge in [0.05, 0.1) is 11.1 Å². The van der Waals surface area contributed by atoms with Crippen LogP contribution in [-0.4, -0.2) is 33.8 Å². The van der Waals surface area contributed by atoms with Crippen molar-refractivity contribution < 1.29 is 18.8 Å². The van der Waals surface area contributed by atoms with E-state index in [0.29, 0.717) is 41.2 Å². The fraction of sp³-hybridized carbons (Fsp3) is 0.333. The van der Waals surface area contributed by atoms with E-state index in [-0.39, 0.29) is 22.4 Å². The molecule has 10 nitrogen and oxygen atoms in total. The maximum Gasteiger partial charge on any atom is 0.324 e. The van der Waals surface area contributed by atoms with Crippen molar-refractivity contribution in [1.82, 2.24) is 15.1 Å². The third-order valence-electron chi connectivity index (χ3n) is 4.52. The zero-order chi connectivity index (χ0) is 22.9. The van der Waals surface area contributed by atoms with Crippen molar-refractivity contribution in [3.05, 3.63) is 41.4 Å². The standard InChI is InChI=1S/C21H23ClN6O4/c1-11-9-30-17-18(25-11)23-10-24-19(17)31-14-6-5-12(7-13(14)22)26-20(29)27-16-8-15(32-28-16)21(2,3)4/h5-8,10-11H,9H2,1-4H3,(H,23,24,25)(H2,26,27,28,29)/t11-/m1/s1. The number of fused-ring (bicyclic) bond motifs is 1. The van der Waals surface area contributed by atoms with Crippen molar-refractivity contribution in [2.24, 2.45) is 0 Å². The number of halogens is 1. The van der Waals surface area contributed by atoms with Gasteiger partial charge in [-0.3, -0.25) is 5.32 Å². The molecule has 0 aliphatic carbocycles. The van der Waals surface area contributed by atoms with Crippen LogP contribution in [0, 0.1) is 0 Å². The van der Waals surface area contributed by atoms with Crippen molar-refractivity contribution in [1.29, 1.82) is 0 Å². The van der Waals surface area contributed by atoms with Gasteiger partial charge in [0, 0.05) is 17.2 Å². The Morgan fingerprint density at radius 1 is 1.25 bits per heavy atom. The van der Waals surface area contributed by atoms with Crippen LogP contribution in [0.4, 0.5) is 22.1 Å². The molecule has 0 saturated heterocycles. The highest BCUT2D eigenvalue weighted by molar-refractivity contribution is 6.32. The average molecular weight is 459 g/mol. The summed E-state index contributed by atoms with van der Waals surface area (Å²) >= 11 is 6.36. The van der Waals surface area contributed by atoms with Crippen LogP contribution in [0.2, 0.25) is 5.02 Å². The zero-order valence-electron chi connectivity index (χ0n) is 18.0. The van der Waals surface area contributed by atoms with E-state index in [1.54, 1.807) is 24.3 Å². The summed E-state index contributed by atoms with van der Waals surface area (Å²) in [5.41, 5.74) is 0.255. The number of amides is 2. The number of aromatic nitrogens is 3. The number of urea groups is 1. The number of ether oxygens (including phenoxy) is 2. The lowest BCUT2D eigenvalue weighted by molar-refractivity contribution is 0.262. The summed E-state index contributed by atoms with van der Waals surface area (Å²) < 4.78 is 16.8. The Morgan fingerprint density at radius 3 is 2.78 bits per heavy atom. The number of nitrogens with zero attached hydrogens (tertiary/aromatic N) is 3. The molecule has 4 rings (SSSR count). The van der Waals surface area contributed by atoms with E-state index in [1.165, 1.54) is 6.33 Å². The van der Waals surface area contributed by atoms with Crippen LogP contribution in [0.3, 0.4) is 0 Å². The van der Waals surface area contributed by atoms with Gasteiger partial charge in [0.2, 0.25) is 5.75 Å². The molecular weight excluding hydrogens is 436 g/mol. The molecule has 2 aromatic heterocycles. The summed E-state index contributed by atoms with van der Waals surface area (Å²) in [6.45, 7) is 8.41. The lowest BCUT2D eigenvalue weighted by Crippen LogP contribution is -2.29. The first-order valence-corrected chi connectivity index (χ1v) is 10.3. The molecule has 1 aromatic carbocycles. The van der Waals surface area contributed by atoms with E-state index >= 15 is 0 Å². The van der Waals surface area contributed by atoms with Gasteiger partial charge in [0.15, 0.2) is 11.6 Å². The summed E-state index contributed by atoms with van der Waals surface area (Å²) in [5, 5.41) is 12.7. The molecule has 0 unspecified atom stereocenters. The number of hydrogen-bond acceptors (Lipinski definition) is 8. The molecule has 32 heavy (non-hydrogen) atoms. The Hall–Kier alpha value is -3.53. The Bertz CT molecular complexity index is 1140. The molecule has 3 aromatic rings. The molecule has 0 bridgehead atoms. The Kier molecular flexibility index (Phi) is 5.79. The average Bonchev–Trinajstić information content (AvgIpc) is 3.19. The van der Waals surface area contributed by atoms with Crippen LogP contribution in [0.25, 0.3) is 0 Å². The second-order valence-electron chi connectivity index (χ2n) is 8.37. The van der Waals surface area contributed by atoms with Crippen LogP contribution < -0.4 is 25.4 Å². The molecule has 0 fully saturated rings. The normalized spacial score (nSPS) is 15.2. The molecule has 1 aliphatic rings. The first-order chi connectivity index (χ1) is 15.2. The van der Waals surface area contributed by atoms with Gasteiger partial charge in [-0.1, -0.05) is 37.5 Å². The van der Waals surface area contributed by atoms with Crippen LogP contribution in [0.15, 0.2) is 35.1 Å². The van der Waals surface area contributed by atoms with Gasteiger partial charge in [-0.2, -0.15) is 4.98 Å². The number of carbonyl (C=O) groups is 1. The second kappa shape index (κ2) is 8.54. The second-order valence-corrected chi connectivity index (χ2v) is 8.77. The quantitative estimate of drug-likeness (QED) is 0.496. The monoisotopic (exact) mass is 458 g/mol. The van der Waals surface area contributed by atoms with Gasteiger partial charge in [-0.15, -0.1) is 0 Å². The van der Waals surface area contributed by atoms with Crippen molar-refractivity contribution in [2.45, 2.75) is 39.2 Å². The molecule has 3 N–H and O–H groups in total. The van der Waals surface area contributed by atoms with E-state index < -0.39 is 6.03 Å². The van der Waals surface area contributed by atoms with Crippen LogP contribution in [0.1, 0.15) is 33.5 Å². The maximum absolute atomic E-state index is 12.3. The van der Waals surface area contributed by atoms with E-state index in [4.69, 9.17) is 25.6 Å². The van der Waals surface area contributed by atoms with Gasteiger partial charge in [0.1, 0.15) is 24.4 Å². The summed E-state index contributed by atoms with van der Waals surface area (Å²) in [7, 11) is 0. The van der Waals surface area contributed by atoms with Crippen molar-refractivity contribution in [3.63, 3.8) is 0 Å². The van der Waals surface area contributed by atoms with E-state index in [2.05, 4.69) is 31.1 Å². The van der Waals surface area contributed by atoms with Gasteiger partial charge in [0.25, 0.3) is 5.88 Å². The van der Waals surface area contributed by atoms with E-state index in [9.17, 15) is 4.79 Å². The molecule has 1 atom stereocenters. The van der Waals surface area contributed by atoms with Gasteiger partial charge in [-0.05, 0) is 25.1 Å². The molecular formula is C21H23ClN6O4. The fourth-order valence-corrected chi connectivity index (χ4v) is 3.10. The third-order valence-corrected chi connectivity index (χ3v) is 4.81. The number of anilines is 3. The Balaban J connectivity index is 1.42. The van der Waals surface area contributed by atoms with Gasteiger partial charge < -0.3 is 24.6 Å². The van der Waals surface area contributed by atoms with E-state index in [1.807, 2.05) is 27.7 Å². The highest BCUT2D eigenvalue weighted by Crippen LogP contribution is 2.39. The number of rotatable bonds is 4. The predicted octanol–water partition coefficient (Wildman–Crippen LogP) is 5.04. The topological polar surface area (TPSA) is 123 Å². The summed E-state index contributed by atoms with van der Waals surface area (Å²) in [6, 6.07) is 6.17. The molecule has 0 radical (unpaired) electrons. The maximum atomic E-state index is 12.3. The van der Waals surface area contributed by atoms with E-state index in [0.717, 1.165) is 0 Å². The number of benzene rings is 1. The number of hydrogen-bond donors (Lipinski definition) is 3. The number of carbonyl (C=O) groups excluding carboxylic acids is 1. The number of nitrogens with one attached hydrogen (secondary N) is 3. The first kappa shape index (κ1) is 21.7. The highest BCUT2D eigenvalue weighted by atomic mass is 35.5. The van der Waals surface area contributed by atoms with Gasteiger partial charge in [-0.25, -0.2) is 9.78 Å². The Labute approximate surface area is 189 Å². The molecule has 0 spiro atoms. The molecule has 2 amide bonds. The van der Waals surface area contributed by atoms with Crippen molar-refractivity contribution in [2.75, 3.05) is 22.6 Å². The van der Waals surface area contributed by atoms with Crippen molar-refractivity contribution in [3.8, 4) is 17.4 Å². The minimum Gasteiger partial charge on any atom is -0.483 e. The summed E-state index contributed by atoms with van der Waals surface area (Å²) in [6.07, 6.45) is 1.38. The summed E-state index contributed by atoms with van der Waals surface area (Å²) in [4.78, 5) is 20.6. The molecule has 1 aliphatic heterocycles. The summed E-state index contributed by atoms with van der Waals surface area (Å²) in [5.74, 6) is 2.56. The van der Waals surface area contributed by atoms with Crippen molar-refractivity contribution >= 4 is 35.0 Å². The SMILES string of the molecule is C[C@@H]1COc2c(ncnc2Oc2ccc(NC(=O)Nc3cc(C(C)(C)C)on3)cc2Cl)N1. The van der Waals surface area contributed by atoms with Gasteiger partial charge >= 0.3 is 6.03 Å². The first-order valence-electron chi connectivity index (χ1n) is 9.96. The van der Waals surface area contributed by atoms with Crippen LogP contribution >= 0.6 is 11.6 Å². The lowest BCUT2D eigenvalue weighted by Gasteiger charge is -2.24. The molecule has 0 saturated carbocycles. The predicted molar refractivity (Wildman–Crippen MR) is 120 cm³/mol. The minimum atomic E-state index is -0.484. The molecule has 11 heteroatoms. The largest absolute Gasteiger partial charge is 0.483 e. The van der Waals surface area contributed by atoms with Crippen LogP contribution in [0.5, 0.6) is 17.4 Å². The molecule has 168 valence electrons. The van der Waals surface area contributed by atoms with Crippen LogP contribution in [-0.2, 0) is 5.41 Å². The zero-order valence-corrected chi connectivity index (χ0v) is 18.8. The molecule has 3 heterocycles. The third kappa shape index (κ3) is 4.86. The Morgan fingerprint density at radius 2 is 2.06 bits per heavy atom. The smallest absolute Gasteiger partial charge is 0.324 e. The fourth-order valence-electron chi connectivity index (χ4n) is 2.88. The minimum absolute atomic E-state index is 0.127.